The molecule has 35 heavy (non-hydrogen) atoms. The molecular formula is C23H20F2N4O6. The molecule has 0 atom stereocenters. The summed E-state index contributed by atoms with van der Waals surface area (Å²) in [5, 5.41) is 12.1. The highest BCUT2D eigenvalue weighted by Crippen LogP contribution is 2.22. The Kier molecular flexibility index (Phi) is 6.36. The predicted molar refractivity (Wildman–Crippen MR) is 119 cm³/mol. The summed E-state index contributed by atoms with van der Waals surface area (Å²) in [6.07, 6.45) is 2.71. The Morgan fingerprint density at radius 1 is 1.20 bits per heavy atom. The Morgan fingerprint density at radius 3 is 2.60 bits per heavy atom. The van der Waals surface area contributed by atoms with Gasteiger partial charge in [0.15, 0.2) is 17.4 Å². The number of halogens is 2. The number of fused-ring (bicyclic) bond motifs is 1. The van der Waals surface area contributed by atoms with E-state index in [2.05, 4.69) is 10.3 Å². The van der Waals surface area contributed by atoms with Gasteiger partial charge in [0.1, 0.15) is 12.3 Å². The van der Waals surface area contributed by atoms with E-state index in [0.717, 1.165) is 21.3 Å². The van der Waals surface area contributed by atoms with E-state index in [0.29, 0.717) is 17.1 Å². The van der Waals surface area contributed by atoms with Gasteiger partial charge in [-0.3, -0.25) is 13.9 Å². The molecule has 0 aliphatic carbocycles. The second-order valence-electron chi connectivity index (χ2n) is 7.70. The van der Waals surface area contributed by atoms with Gasteiger partial charge < -0.3 is 19.9 Å². The minimum Gasteiger partial charge on any atom is -0.503 e. The average Bonchev–Trinajstić information content (AvgIpc) is 2.86. The molecule has 12 heteroatoms. The second-order valence-corrected chi connectivity index (χ2v) is 7.70. The molecule has 1 aliphatic heterocycles. The Labute approximate surface area is 196 Å². The van der Waals surface area contributed by atoms with Crippen LogP contribution < -0.4 is 21.3 Å². The number of rotatable bonds is 6. The third-order valence-corrected chi connectivity index (χ3v) is 5.45. The van der Waals surface area contributed by atoms with E-state index < -0.39 is 41.1 Å². The van der Waals surface area contributed by atoms with Crippen molar-refractivity contribution in [2.24, 2.45) is 0 Å². The van der Waals surface area contributed by atoms with Crippen molar-refractivity contribution in [1.29, 1.82) is 0 Å². The molecule has 0 amide bonds. The van der Waals surface area contributed by atoms with Crippen LogP contribution in [0.4, 0.5) is 8.78 Å². The number of carbonyl (C=O) groups excluding carboxylic acids is 1. The third kappa shape index (κ3) is 4.63. The summed E-state index contributed by atoms with van der Waals surface area (Å²) in [4.78, 5) is 42.4. The molecule has 0 radical (unpaired) electrons. The SMILES string of the molecule is COc1cc(COC(=O)C2=Cn3c(c(C)c(=O)n(Cc4cc(F)c(O)c(F)c4)c3=O)CN2)ccn1. The molecular weight excluding hydrogens is 466 g/mol. The number of phenols is 1. The number of hydrogen-bond acceptors (Lipinski definition) is 8. The van der Waals surface area contributed by atoms with Gasteiger partial charge in [0.25, 0.3) is 5.56 Å². The molecule has 0 fully saturated rings. The number of carbonyl (C=O) groups is 1. The lowest BCUT2D eigenvalue weighted by Crippen LogP contribution is -2.45. The van der Waals surface area contributed by atoms with Gasteiger partial charge in [-0.05, 0) is 36.2 Å². The number of ether oxygens (including phenoxy) is 2. The van der Waals surface area contributed by atoms with Crippen LogP contribution in [0.15, 0.2) is 45.7 Å². The van der Waals surface area contributed by atoms with E-state index in [-0.39, 0.29) is 30.0 Å². The molecule has 10 nitrogen and oxygen atoms in total. The maximum atomic E-state index is 13.7. The molecule has 182 valence electrons. The van der Waals surface area contributed by atoms with Crippen molar-refractivity contribution in [3.8, 4) is 11.6 Å². The van der Waals surface area contributed by atoms with Gasteiger partial charge in [0.05, 0.1) is 25.9 Å². The molecule has 1 aliphatic rings. The first kappa shape index (κ1) is 23.7. The second kappa shape index (κ2) is 9.41. The number of nitrogens with zero attached hydrogens (tertiary/aromatic N) is 3. The van der Waals surface area contributed by atoms with Gasteiger partial charge in [-0.25, -0.2) is 23.4 Å². The van der Waals surface area contributed by atoms with E-state index in [9.17, 15) is 28.3 Å². The number of nitrogens with one attached hydrogen (secondary N) is 1. The third-order valence-electron chi connectivity index (χ3n) is 5.45. The first-order valence-electron chi connectivity index (χ1n) is 10.3. The van der Waals surface area contributed by atoms with E-state index in [1.165, 1.54) is 26.4 Å². The molecule has 2 aromatic heterocycles. The zero-order valence-corrected chi connectivity index (χ0v) is 18.7. The summed E-state index contributed by atoms with van der Waals surface area (Å²) in [7, 11) is 1.46. The maximum absolute atomic E-state index is 13.7. The Morgan fingerprint density at radius 2 is 1.91 bits per heavy atom. The van der Waals surface area contributed by atoms with E-state index in [4.69, 9.17) is 9.47 Å². The van der Waals surface area contributed by atoms with E-state index in [1.54, 1.807) is 12.1 Å². The highest BCUT2D eigenvalue weighted by atomic mass is 19.1. The summed E-state index contributed by atoms with van der Waals surface area (Å²) in [6, 6.07) is 4.91. The number of methoxy groups -OCH3 is 1. The fourth-order valence-corrected chi connectivity index (χ4v) is 3.58. The van der Waals surface area contributed by atoms with Crippen molar-refractivity contribution in [1.82, 2.24) is 19.4 Å². The molecule has 1 aromatic carbocycles. The predicted octanol–water partition coefficient (Wildman–Crippen LogP) is 1.40. The number of hydrogen-bond donors (Lipinski definition) is 2. The summed E-state index contributed by atoms with van der Waals surface area (Å²) in [5.74, 6) is -3.97. The number of phenolic OH excluding ortho intramolecular Hbond substituents is 1. The van der Waals surface area contributed by atoms with Gasteiger partial charge in [0, 0.05) is 24.0 Å². The molecule has 0 saturated carbocycles. The smallest absolute Gasteiger partial charge is 0.356 e. The van der Waals surface area contributed by atoms with E-state index >= 15 is 0 Å². The minimum absolute atomic E-state index is 0.00360. The van der Waals surface area contributed by atoms with Crippen molar-refractivity contribution < 1.29 is 28.2 Å². The zero-order valence-electron chi connectivity index (χ0n) is 18.7. The molecule has 2 N–H and O–H groups in total. The first-order chi connectivity index (χ1) is 16.7. The largest absolute Gasteiger partial charge is 0.503 e. The van der Waals surface area contributed by atoms with Crippen LogP contribution >= 0.6 is 0 Å². The summed E-state index contributed by atoms with van der Waals surface area (Å²) in [5.41, 5.74) is -0.344. The van der Waals surface area contributed by atoms with Crippen molar-refractivity contribution in [3.63, 3.8) is 0 Å². The molecule has 3 aromatic rings. The first-order valence-corrected chi connectivity index (χ1v) is 10.3. The number of aromatic hydroxyl groups is 1. The normalized spacial score (nSPS) is 12.4. The fourth-order valence-electron chi connectivity index (χ4n) is 3.58. The lowest BCUT2D eigenvalue weighted by molar-refractivity contribution is -0.140. The highest BCUT2D eigenvalue weighted by Gasteiger charge is 2.23. The quantitative estimate of drug-likeness (QED) is 0.501. The lowest BCUT2D eigenvalue weighted by Gasteiger charge is -2.22. The topological polar surface area (TPSA) is 125 Å². The van der Waals surface area contributed by atoms with Crippen molar-refractivity contribution in [2.45, 2.75) is 26.6 Å². The average molecular weight is 486 g/mol. The van der Waals surface area contributed by atoms with Gasteiger partial charge in [-0.2, -0.15) is 0 Å². The molecule has 0 saturated heterocycles. The monoisotopic (exact) mass is 486 g/mol. The Hall–Kier alpha value is -4.48. The van der Waals surface area contributed by atoms with Crippen LogP contribution in [-0.4, -0.2) is 32.3 Å². The number of benzene rings is 1. The molecule has 0 unspecified atom stereocenters. The standard InChI is InChI=1S/C23H20F2N4O6/c1-12-18-8-27-17(22(32)35-11-13-3-4-26-19(7-13)34-2)10-28(18)23(33)29(21(12)31)9-14-5-15(24)20(30)16(25)6-14/h3-7,10,27,30H,8-9,11H2,1-2H3. The summed E-state index contributed by atoms with van der Waals surface area (Å²) in [6.45, 7) is 0.980. The molecule has 4 rings (SSSR count). The van der Waals surface area contributed by atoms with E-state index in [1.807, 2.05) is 0 Å². The van der Waals surface area contributed by atoms with Gasteiger partial charge in [-0.1, -0.05) is 0 Å². The summed E-state index contributed by atoms with van der Waals surface area (Å²) < 4.78 is 39.7. The van der Waals surface area contributed by atoms with Crippen LogP contribution in [0, 0.1) is 18.6 Å². The van der Waals surface area contributed by atoms with Crippen molar-refractivity contribution in [3.05, 3.63) is 91.0 Å². The number of esters is 1. The molecule has 3 heterocycles. The van der Waals surface area contributed by atoms with Crippen LogP contribution in [0.1, 0.15) is 22.4 Å². The summed E-state index contributed by atoms with van der Waals surface area (Å²) >= 11 is 0. The fraction of sp³-hybridized carbons (Fsp3) is 0.217. The molecule has 0 spiro atoms. The number of pyridine rings is 1. The van der Waals surface area contributed by atoms with Crippen LogP contribution in [0.2, 0.25) is 0 Å². The van der Waals surface area contributed by atoms with Crippen LogP contribution in [0.5, 0.6) is 11.6 Å². The number of aromatic nitrogens is 3. The van der Waals surface area contributed by atoms with Crippen LogP contribution in [0.25, 0.3) is 6.20 Å². The highest BCUT2D eigenvalue weighted by molar-refractivity contribution is 5.91. The Bertz CT molecular complexity index is 1450. The maximum Gasteiger partial charge on any atom is 0.356 e. The van der Waals surface area contributed by atoms with Crippen LogP contribution in [-0.2, 0) is 29.2 Å². The van der Waals surface area contributed by atoms with Crippen molar-refractivity contribution >= 4 is 12.2 Å². The minimum atomic E-state index is -1.22. The zero-order chi connectivity index (χ0) is 25.3. The van der Waals surface area contributed by atoms with Gasteiger partial charge in [0.2, 0.25) is 5.88 Å². The Balaban J connectivity index is 1.63. The van der Waals surface area contributed by atoms with Gasteiger partial charge in [-0.15, -0.1) is 0 Å². The van der Waals surface area contributed by atoms with Crippen molar-refractivity contribution in [2.75, 3.05) is 7.11 Å². The molecule has 0 bridgehead atoms. The lowest BCUT2D eigenvalue weighted by atomic mass is 10.1. The van der Waals surface area contributed by atoms with Crippen LogP contribution in [0.3, 0.4) is 0 Å². The van der Waals surface area contributed by atoms with Gasteiger partial charge >= 0.3 is 11.7 Å².